The minimum Gasteiger partial charge on any atom is -0.349 e. The van der Waals surface area contributed by atoms with Gasteiger partial charge in [0.1, 0.15) is 5.82 Å². The van der Waals surface area contributed by atoms with Crippen LogP contribution in [-0.4, -0.2) is 11.5 Å². The van der Waals surface area contributed by atoms with Crippen LogP contribution in [0.15, 0.2) is 29.8 Å². The maximum absolute atomic E-state index is 5.60. The Morgan fingerprint density at radius 3 is 3.06 bits per heavy atom. The molecule has 0 aromatic carbocycles. The Hall–Kier alpha value is -1.39. The Morgan fingerprint density at radius 2 is 2.33 bits per heavy atom. The highest BCUT2D eigenvalue weighted by Crippen LogP contribution is 2.35. The van der Waals surface area contributed by atoms with Crippen LogP contribution in [0.1, 0.15) is 29.0 Å². The first-order valence-corrected chi connectivity index (χ1v) is 7.15. The predicted octanol–water partition coefficient (Wildman–Crippen LogP) is 2.73. The highest BCUT2D eigenvalue weighted by molar-refractivity contribution is 7.10. The summed E-state index contributed by atoms with van der Waals surface area (Å²) in [6.07, 6.45) is 3.00. The van der Waals surface area contributed by atoms with Gasteiger partial charge < -0.3 is 10.6 Å². The highest BCUT2D eigenvalue weighted by Gasteiger charge is 2.25. The molecule has 1 aliphatic rings. The lowest BCUT2D eigenvalue weighted by Crippen LogP contribution is -2.33. The largest absolute Gasteiger partial charge is 0.349 e. The zero-order valence-electron chi connectivity index (χ0n) is 10.5. The van der Waals surface area contributed by atoms with Crippen LogP contribution in [0, 0.1) is 0 Å². The molecular weight excluding hydrogens is 242 g/mol. The van der Waals surface area contributed by atoms with Crippen molar-refractivity contribution in [2.75, 3.05) is 11.4 Å². The minimum absolute atomic E-state index is 0.413. The Labute approximate surface area is 111 Å². The number of hydrogen-bond acceptors (Lipinski definition) is 4. The molecule has 0 aliphatic carbocycles. The molecule has 2 aromatic heterocycles. The molecule has 1 aliphatic heterocycles. The van der Waals surface area contributed by atoms with Crippen LogP contribution in [0.3, 0.4) is 0 Å². The molecular formula is C14H17N3S. The molecule has 0 radical (unpaired) electrons. The van der Waals surface area contributed by atoms with E-state index in [1.165, 1.54) is 10.4 Å². The topological polar surface area (TPSA) is 42.1 Å². The van der Waals surface area contributed by atoms with Crippen molar-refractivity contribution >= 4 is 17.2 Å². The average Bonchev–Trinajstić information content (AvgIpc) is 2.89. The standard InChI is InChI=1S/C14H17N3S/c1-10-12-5-7-18-13(12)4-6-17(10)14-3-2-11(8-15)9-16-14/h2-3,5,7,9-10H,4,6,8,15H2,1H3. The quantitative estimate of drug-likeness (QED) is 0.901. The van der Waals surface area contributed by atoms with Crippen molar-refractivity contribution in [3.05, 3.63) is 45.8 Å². The van der Waals surface area contributed by atoms with Crippen LogP contribution < -0.4 is 10.6 Å². The molecule has 0 saturated carbocycles. The van der Waals surface area contributed by atoms with E-state index in [-0.39, 0.29) is 0 Å². The van der Waals surface area contributed by atoms with E-state index in [4.69, 9.17) is 5.73 Å². The number of aromatic nitrogens is 1. The summed E-state index contributed by atoms with van der Waals surface area (Å²) >= 11 is 1.87. The molecule has 1 atom stereocenters. The minimum atomic E-state index is 0.413. The van der Waals surface area contributed by atoms with Gasteiger partial charge in [0.05, 0.1) is 6.04 Å². The number of nitrogens with zero attached hydrogens (tertiary/aromatic N) is 2. The van der Waals surface area contributed by atoms with Gasteiger partial charge in [0.15, 0.2) is 0 Å². The number of hydrogen-bond donors (Lipinski definition) is 1. The van der Waals surface area contributed by atoms with Gasteiger partial charge in [0, 0.05) is 24.2 Å². The summed E-state index contributed by atoms with van der Waals surface area (Å²) in [5, 5.41) is 2.19. The van der Waals surface area contributed by atoms with Gasteiger partial charge in [-0.05, 0) is 42.0 Å². The summed E-state index contributed by atoms with van der Waals surface area (Å²) in [7, 11) is 0. The Kier molecular flexibility index (Phi) is 3.06. The Balaban J connectivity index is 1.89. The predicted molar refractivity (Wildman–Crippen MR) is 75.9 cm³/mol. The van der Waals surface area contributed by atoms with Crippen molar-refractivity contribution in [3.63, 3.8) is 0 Å². The second-order valence-corrected chi connectivity index (χ2v) is 5.65. The van der Waals surface area contributed by atoms with E-state index < -0.39 is 0 Å². The normalized spacial score (nSPS) is 18.8. The lowest BCUT2D eigenvalue weighted by molar-refractivity contribution is 0.624. The number of anilines is 1. The van der Waals surface area contributed by atoms with Crippen molar-refractivity contribution in [3.8, 4) is 0 Å². The average molecular weight is 259 g/mol. The van der Waals surface area contributed by atoms with Crippen LogP contribution in [0.5, 0.6) is 0 Å². The molecule has 0 bridgehead atoms. The van der Waals surface area contributed by atoms with Crippen molar-refractivity contribution < 1.29 is 0 Å². The monoisotopic (exact) mass is 259 g/mol. The van der Waals surface area contributed by atoms with Crippen molar-refractivity contribution in [2.24, 2.45) is 5.73 Å². The maximum Gasteiger partial charge on any atom is 0.128 e. The summed E-state index contributed by atoms with van der Waals surface area (Å²) < 4.78 is 0. The van der Waals surface area contributed by atoms with E-state index in [9.17, 15) is 0 Å². The smallest absolute Gasteiger partial charge is 0.128 e. The molecule has 4 heteroatoms. The third-order valence-electron chi connectivity index (χ3n) is 3.62. The molecule has 0 fully saturated rings. The third-order valence-corrected chi connectivity index (χ3v) is 4.61. The zero-order chi connectivity index (χ0) is 12.5. The second kappa shape index (κ2) is 4.71. The first-order chi connectivity index (χ1) is 8.79. The number of thiophene rings is 1. The van der Waals surface area contributed by atoms with Gasteiger partial charge in [-0.2, -0.15) is 0 Å². The highest BCUT2D eigenvalue weighted by atomic mass is 32.1. The Morgan fingerprint density at radius 1 is 1.44 bits per heavy atom. The molecule has 3 heterocycles. The lowest BCUT2D eigenvalue weighted by Gasteiger charge is -2.34. The fourth-order valence-electron chi connectivity index (χ4n) is 2.53. The van der Waals surface area contributed by atoms with E-state index in [0.29, 0.717) is 12.6 Å². The molecule has 2 N–H and O–H groups in total. The summed E-state index contributed by atoms with van der Waals surface area (Å²) in [5.41, 5.74) is 8.14. The summed E-state index contributed by atoms with van der Waals surface area (Å²) in [6, 6.07) is 6.80. The van der Waals surface area contributed by atoms with E-state index in [2.05, 4.69) is 40.4 Å². The van der Waals surface area contributed by atoms with Crippen molar-refractivity contribution in [1.29, 1.82) is 0 Å². The first kappa shape index (κ1) is 11.7. The van der Waals surface area contributed by atoms with E-state index in [1.54, 1.807) is 0 Å². The number of fused-ring (bicyclic) bond motifs is 1. The molecule has 0 saturated heterocycles. The summed E-state index contributed by atoms with van der Waals surface area (Å²) in [5.74, 6) is 1.05. The number of nitrogens with two attached hydrogens (primary N) is 1. The molecule has 1 unspecified atom stereocenters. The van der Waals surface area contributed by atoms with Crippen molar-refractivity contribution in [1.82, 2.24) is 4.98 Å². The number of pyridine rings is 1. The van der Waals surface area contributed by atoms with Crippen molar-refractivity contribution in [2.45, 2.75) is 25.9 Å². The van der Waals surface area contributed by atoms with Gasteiger partial charge in [0.25, 0.3) is 0 Å². The van der Waals surface area contributed by atoms with E-state index in [1.807, 2.05) is 17.5 Å². The molecule has 3 rings (SSSR count). The van der Waals surface area contributed by atoms with E-state index in [0.717, 1.165) is 24.3 Å². The summed E-state index contributed by atoms with van der Waals surface area (Å²) in [4.78, 5) is 8.43. The van der Waals surface area contributed by atoms with Gasteiger partial charge in [-0.15, -0.1) is 11.3 Å². The van der Waals surface area contributed by atoms with Gasteiger partial charge in [0.2, 0.25) is 0 Å². The van der Waals surface area contributed by atoms with Crippen LogP contribution >= 0.6 is 11.3 Å². The fraction of sp³-hybridized carbons (Fsp3) is 0.357. The molecule has 2 aromatic rings. The first-order valence-electron chi connectivity index (χ1n) is 6.27. The van der Waals surface area contributed by atoms with Crippen LogP contribution in [0.2, 0.25) is 0 Å². The molecule has 3 nitrogen and oxygen atoms in total. The van der Waals surface area contributed by atoms with Gasteiger partial charge in [-0.25, -0.2) is 4.98 Å². The molecule has 0 spiro atoms. The molecule has 0 amide bonds. The molecule has 94 valence electrons. The second-order valence-electron chi connectivity index (χ2n) is 4.65. The lowest BCUT2D eigenvalue weighted by atomic mass is 10.0. The van der Waals surface area contributed by atoms with Crippen LogP contribution in [-0.2, 0) is 13.0 Å². The number of rotatable bonds is 2. The summed E-state index contributed by atoms with van der Waals surface area (Å²) in [6.45, 7) is 3.85. The van der Waals surface area contributed by atoms with Gasteiger partial charge >= 0.3 is 0 Å². The molecule has 18 heavy (non-hydrogen) atoms. The zero-order valence-corrected chi connectivity index (χ0v) is 11.3. The van der Waals surface area contributed by atoms with Crippen LogP contribution in [0.4, 0.5) is 5.82 Å². The third kappa shape index (κ3) is 1.91. The van der Waals surface area contributed by atoms with Crippen LogP contribution in [0.25, 0.3) is 0 Å². The fourth-order valence-corrected chi connectivity index (χ4v) is 3.49. The maximum atomic E-state index is 5.60. The Bertz CT molecular complexity index is 532. The van der Waals surface area contributed by atoms with E-state index >= 15 is 0 Å². The SMILES string of the molecule is CC1c2ccsc2CCN1c1ccc(CN)cn1. The van der Waals surface area contributed by atoms with Gasteiger partial charge in [-0.1, -0.05) is 6.07 Å². The van der Waals surface area contributed by atoms with Gasteiger partial charge in [-0.3, -0.25) is 0 Å².